The quantitative estimate of drug-likeness (QED) is 0.265. The molecule has 1 aromatic carbocycles. The number of halogens is 3. The molecule has 0 unspecified atom stereocenters. The number of nitrogens with zero attached hydrogens (tertiary/aromatic N) is 7. The van der Waals surface area contributed by atoms with Crippen LogP contribution in [0, 0.1) is 11.3 Å². The zero-order valence-corrected chi connectivity index (χ0v) is 27.1. The van der Waals surface area contributed by atoms with Crippen LogP contribution in [0.25, 0.3) is 16.6 Å². The lowest BCUT2D eigenvalue weighted by Gasteiger charge is -2.46. The highest BCUT2D eigenvalue weighted by molar-refractivity contribution is 5.96. The Hall–Kier alpha value is -4.67. The minimum Gasteiger partial charge on any atom is -0.492 e. The highest BCUT2D eigenvalue weighted by atomic mass is 19.4. The predicted molar refractivity (Wildman–Crippen MR) is 176 cm³/mol. The van der Waals surface area contributed by atoms with Crippen LogP contribution in [-0.2, 0) is 6.18 Å². The summed E-state index contributed by atoms with van der Waals surface area (Å²) in [6.45, 7) is 10.7. The maximum atomic E-state index is 13.8. The maximum Gasteiger partial charge on any atom is 0.417 e. The van der Waals surface area contributed by atoms with Gasteiger partial charge in [-0.3, -0.25) is 9.69 Å². The molecule has 1 N–H and O–H groups in total. The van der Waals surface area contributed by atoms with E-state index in [0.717, 1.165) is 55.7 Å². The fraction of sp³-hybridized carbons (Fsp3) is 0.429. The molecule has 4 aromatic rings. The SMILES string of the molecule is CCOc1cc(-c2ccc(N3CCC(CN4CCN(CC)CC4)(NC(=O)c4ccccc4C(F)(F)F)CC3)nc2)c2c(C#N)cnn2c1. The van der Waals surface area contributed by atoms with Gasteiger partial charge >= 0.3 is 6.18 Å². The van der Waals surface area contributed by atoms with Crippen molar-refractivity contribution in [3.8, 4) is 22.9 Å². The smallest absolute Gasteiger partial charge is 0.417 e. The molecule has 0 aliphatic carbocycles. The Morgan fingerprint density at radius 2 is 1.75 bits per heavy atom. The number of piperidine rings is 1. The zero-order chi connectivity index (χ0) is 33.9. The average molecular weight is 661 g/mol. The van der Waals surface area contributed by atoms with Gasteiger partial charge in [0, 0.05) is 63.1 Å². The lowest BCUT2D eigenvalue weighted by atomic mass is 9.85. The molecule has 5 heterocycles. The Labute approximate surface area is 277 Å². The molecule has 1 amide bonds. The highest BCUT2D eigenvalue weighted by Crippen LogP contribution is 2.35. The number of fused-ring (bicyclic) bond motifs is 1. The van der Waals surface area contributed by atoms with Crippen molar-refractivity contribution in [2.75, 3.05) is 63.9 Å². The number of anilines is 1. The second kappa shape index (κ2) is 13.8. The number of nitrogens with one attached hydrogen (secondary N) is 1. The van der Waals surface area contributed by atoms with Crippen LogP contribution in [0.1, 0.15) is 48.2 Å². The van der Waals surface area contributed by atoms with E-state index in [1.807, 2.05) is 25.1 Å². The normalized spacial score (nSPS) is 17.3. The largest absolute Gasteiger partial charge is 0.492 e. The summed E-state index contributed by atoms with van der Waals surface area (Å²) < 4.78 is 48.8. The third kappa shape index (κ3) is 6.95. The number of carbonyl (C=O) groups is 1. The fourth-order valence-electron chi connectivity index (χ4n) is 6.79. The lowest BCUT2D eigenvalue weighted by Crippen LogP contribution is -2.62. The van der Waals surface area contributed by atoms with E-state index in [-0.39, 0.29) is 5.56 Å². The van der Waals surface area contributed by atoms with Crippen LogP contribution in [-0.4, -0.2) is 94.8 Å². The molecular formula is C35H39F3N8O2. The van der Waals surface area contributed by atoms with Gasteiger partial charge in [-0.05, 0) is 56.6 Å². The Balaban J connectivity index is 1.22. The molecule has 3 aromatic heterocycles. The molecule has 13 heteroatoms. The average Bonchev–Trinajstić information content (AvgIpc) is 3.52. The van der Waals surface area contributed by atoms with Crippen LogP contribution in [0.5, 0.6) is 5.75 Å². The maximum absolute atomic E-state index is 13.8. The number of hydrogen-bond acceptors (Lipinski definition) is 8. The topological polar surface area (TPSA) is 102 Å². The summed E-state index contributed by atoms with van der Waals surface area (Å²) in [5.41, 5.74) is 0.688. The van der Waals surface area contributed by atoms with E-state index in [2.05, 4.69) is 38.1 Å². The van der Waals surface area contributed by atoms with Crippen LogP contribution in [0.15, 0.2) is 61.1 Å². The summed E-state index contributed by atoms with van der Waals surface area (Å²) in [6.07, 6.45) is 1.49. The molecule has 2 fully saturated rings. The van der Waals surface area contributed by atoms with Gasteiger partial charge in [0.05, 0.1) is 46.7 Å². The summed E-state index contributed by atoms with van der Waals surface area (Å²) in [5.74, 6) is 0.673. The zero-order valence-electron chi connectivity index (χ0n) is 27.1. The number of carbonyl (C=O) groups excluding carboxylic acids is 1. The molecule has 2 aliphatic heterocycles. The molecular weight excluding hydrogens is 621 g/mol. The van der Waals surface area contributed by atoms with E-state index in [0.29, 0.717) is 55.9 Å². The highest BCUT2D eigenvalue weighted by Gasteiger charge is 2.41. The van der Waals surface area contributed by atoms with Crippen molar-refractivity contribution < 1.29 is 22.7 Å². The minimum atomic E-state index is -4.64. The summed E-state index contributed by atoms with van der Waals surface area (Å²) in [5, 5.41) is 17.1. The first-order valence-corrected chi connectivity index (χ1v) is 16.3. The van der Waals surface area contributed by atoms with Crippen LogP contribution in [0.3, 0.4) is 0 Å². The van der Waals surface area contributed by atoms with Crippen molar-refractivity contribution >= 4 is 17.2 Å². The predicted octanol–water partition coefficient (Wildman–Crippen LogP) is 5.09. The van der Waals surface area contributed by atoms with Crippen molar-refractivity contribution in [3.05, 3.63) is 77.7 Å². The molecule has 48 heavy (non-hydrogen) atoms. The number of likely N-dealkylation sites (N-methyl/N-ethyl adjacent to an activating group) is 1. The molecule has 10 nitrogen and oxygen atoms in total. The molecule has 0 saturated carbocycles. The third-order valence-electron chi connectivity index (χ3n) is 9.42. The Morgan fingerprint density at radius 1 is 1.02 bits per heavy atom. The number of hydrogen-bond donors (Lipinski definition) is 1. The number of aromatic nitrogens is 3. The third-order valence-corrected chi connectivity index (χ3v) is 9.42. The van der Waals surface area contributed by atoms with Crippen LogP contribution in [0.2, 0.25) is 0 Å². The van der Waals surface area contributed by atoms with Crippen LogP contribution in [0.4, 0.5) is 19.0 Å². The van der Waals surface area contributed by atoms with Gasteiger partial charge in [0.1, 0.15) is 17.6 Å². The number of benzene rings is 1. The second-order valence-corrected chi connectivity index (χ2v) is 12.4. The van der Waals surface area contributed by atoms with Crippen molar-refractivity contribution in [2.45, 2.75) is 38.4 Å². The molecule has 2 saturated heterocycles. The van der Waals surface area contributed by atoms with Gasteiger partial charge < -0.3 is 19.9 Å². The van der Waals surface area contributed by atoms with E-state index in [4.69, 9.17) is 9.72 Å². The van der Waals surface area contributed by atoms with Crippen molar-refractivity contribution in [1.82, 2.24) is 29.7 Å². The first-order chi connectivity index (χ1) is 23.1. The number of ether oxygens (including phenoxy) is 1. The van der Waals surface area contributed by atoms with Crippen molar-refractivity contribution in [1.29, 1.82) is 5.26 Å². The first kappa shape index (κ1) is 33.2. The summed E-state index contributed by atoms with van der Waals surface area (Å²) >= 11 is 0. The Kier molecular flexibility index (Phi) is 9.57. The van der Waals surface area contributed by atoms with E-state index in [1.54, 1.807) is 16.9 Å². The lowest BCUT2D eigenvalue weighted by molar-refractivity contribution is -0.138. The number of piperazine rings is 1. The van der Waals surface area contributed by atoms with Crippen molar-refractivity contribution in [3.63, 3.8) is 0 Å². The molecule has 0 spiro atoms. The van der Waals surface area contributed by atoms with E-state index < -0.39 is 23.2 Å². The number of amides is 1. The fourth-order valence-corrected chi connectivity index (χ4v) is 6.79. The summed E-state index contributed by atoms with van der Waals surface area (Å²) in [6, 6.07) is 12.9. The van der Waals surface area contributed by atoms with Crippen molar-refractivity contribution in [2.24, 2.45) is 0 Å². The van der Waals surface area contributed by atoms with Gasteiger partial charge in [-0.15, -0.1) is 0 Å². The monoisotopic (exact) mass is 660 g/mol. The number of nitriles is 1. The first-order valence-electron chi connectivity index (χ1n) is 16.3. The van der Waals surface area contributed by atoms with Gasteiger partial charge in [-0.1, -0.05) is 19.1 Å². The molecule has 0 bridgehead atoms. The second-order valence-electron chi connectivity index (χ2n) is 12.4. The van der Waals surface area contributed by atoms with Gasteiger partial charge in [0.15, 0.2) is 0 Å². The number of pyridine rings is 2. The van der Waals surface area contributed by atoms with Crippen LogP contribution >= 0.6 is 0 Å². The molecule has 2 aliphatic rings. The minimum absolute atomic E-state index is 0.361. The van der Waals surface area contributed by atoms with Gasteiger partial charge in [-0.25, -0.2) is 9.50 Å². The number of rotatable bonds is 9. The van der Waals surface area contributed by atoms with E-state index >= 15 is 0 Å². The molecule has 252 valence electrons. The standard InChI is InChI=1S/C35H39F3N8O2/c1-3-43-15-17-44(18-16-43)24-34(42-33(47)28-7-5-6-8-30(28)35(36,37)38)11-13-45(14-12-34)31-10-9-25(21-40-31)29-19-27(48-4-2)23-46-32(29)26(20-39)22-41-46/h5-10,19,21-23H,3-4,11-18,24H2,1-2H3,(H,42,47). The summed E-state index contributed by atoms with van der Waals surface area (Å²) in [7, 11) is 0. The van der Waals surface area contributed by atoms with Gasteiger partial charge in [0.25, 0.3) is 5.91 Å². The Morgan fingerprint density at radius 3 is 2.40 bits per heavy atom. The van der Waals surface area contributed by atoms with Crippen LogP contribution < -0.4 is 15.0 Å². The van der Waals surface area contributed by atoms with E-state index in [9.17, 15) is 23.2 Å². The number of alkyl halides is 3. The van der Waals surface area contributed by atoms with E-state index in [1.165, 1.54) is 24.4 Å². The molecule has 0 radical (unpaired) electrons. The molecule has 0 atom stereocenters. The Bertz CT molecular complexity index is 1780. The van der Waals surface area contributed by atoms with Gasteiger partial charge in [-0.2, -0.15) is 23.5 Å². The molecule has 6 rings (SSSR count). The van der Waals surface area contributed by atoms with Gasteiger partial charge in [0.2, 0.25) is 0 Å². The summed E-state index contributed by atoms with van der Waals surface area (Å²) in [4.78, 5) is 25.1.